The first-order valence-electron chi connectivity index (χ1n) is 4.89. The molecule has 0 spiro atoms. The van der Waals surface area contributed by atoms with Crippen molar-refractivity contribution in [3.05, 3.63) is 12.2 Å². The Kier molecular flexibility index (Phi) is 7.60. The van der Waals surface area contributed by atoms with Gasteiger partial charge in [-0.1, -0.05) is 32.4 Å². The third-order valence-corrected chi connectivity index (χ3v) is 2.14. The lowest BCUT2D eigenvalue weighted by molar-refractivity contribution is -0.107. The number of allylic oxidation sites excluding steroid dienone is 1. The fourth-order valence-electron chi connectivity index (χ4n) is 1.39. The fraction of sp³-hybridized carbons (Fsp3) is 0.727. The van der Waals surface area contributed by atoms with Crippen LogP contribution in [0.15, 0.2) is 12.2 Å². The van der Waals surface area contributed by atoms with Crippen LogP contribution >= 0.6 is 0 Å². The molecule has 0 fully saturated rings. The van der Waals surface area contributed by atoms with E-state index in [2.05, 4.69) is 13.8 Å². The van der Waals surface area contributed by atoms with Crippen molar-refractivity contribution in [1.29, 1.82) is 0 Å². The average Bonchev–Trinajstić information content (AvgIpc) is 2.13. The molecule has 0 aromatic carbocycles. The molecule has 0 aliphatic carbocycles. The number of rotatable bonds is 7. The standard InChI is InChI=1S/C11H20O2/c1-4-7-10(2)11(13-3)8-5-6-9-12/h5,8-11H,4,6-7H2,1-3H3. The van der Waals surface area contributed by atoms with E-state index in [0.717, 1.165) is 12.7 Å². The SMILES string of the molecule is CCCC(C)C(C=CCC=O)OC. The second-order valence-electron chi connectivity index (χ2n) is 3.30. The molecule has 2 atom stereocenters. The molecule has 0 aliphatic rings. The van der Waals surface area contributed by atoms with Gasteiger partial charge >= 0.3 is 0 Å². The van der Waals surface area contributed by atoms with Crippen LogP contribution in [-0.4, -0.2) is 19.5 Å². The molecule has 76 valence electrons. The Morgan fingerprint density at radius 3 is 2.62 bits per heavy atom. The highest BCUT2D eigenvalue weighted by Gasteiger charge is 2.11. The maximum atomic E-state index is 10.1. The first-order valence-corrected chi connectivity index (χ1v) is 4.89. The van der Waals surface area contributed by atoms with Crippen LogP contribution in [0.4, 0.5) is 0 Å². The zero-order valence-electron chi connectivity index (χ0n) is 8.82. The number of carbonyl (C=O) groups excluding carboxylic acids is 1. The summed E-state index contributed by atoms with van der Waals surface area (Å²) >= 11 is 0. The lowest BCUT2D eigenvalue weighted by atomic mass is 9.99. The van der Waals surface area contributed by atoms with Crippen molar-refractivity contribution in [2.45, 2.75) is 39.2 Å². The predicted molar refractivity (Wildman–Crippen MR) is 54.7 cm³/mol. The number of aldehydes is 1. The van der Waals surface area contributed by atoms with Crippen molar-refractivity contribution >= 4 is 6.29 Å². The Labute approximate surface area is 81.0 Å². The minimum absolute atomic E-state index is 0.153. The third kappa shape index (κ3) is 5.58. The summed E-state index contributed by atoms with van der Waals surface area (Å²) in [6, 6.07) is 0. The number of methoxy groups -OCH3 is 1. The maximum Gasteiger partial charge on any atom is 0.123 e. The molecule has 2 nitrogen and oxygen atoms in total. The second kappa shape index (κ2) is 7.99. The number of hydrogen-bond acceptors (Lipinski definition) is 2. The van der Waals surface area contributed by atoms with E-state index in [-0.39, 0.29) is 6.10 Å². The third-order valence-electron chi connectivity index (χ3n) is 2.14. The van der Waals surface area contributed by atoms with Gasteiger partial charge in [0, 0.05) is 13.5 Å². The molecule has 0 aromatic heterocycles. The van der Waals surface area contributed by atoms with Crippen LogP contribution in [0.3, 0.4) is 0 Å². The summed E-state index contributed by atoms with van der Waals surface area (Å²) < 4.78 is 5.31. The molecule has 0 N–H and O–H groups in total. The van der Waals surface area contributed by atoms with E-state index in [4.69, 9.17) is 4.74 Å². The van der Waals surface area contributed by atoms with E-state index >= 15 is 0 Å². The number of ether oxygens (including phenoxy) is 1. The summed E-state index contributed by atoms with van der Waals surface area (Å²) in [5.41, 5.74) is 0. The lowest BCUT2D eigenvalue weighted by Gasteiger charge is -2.18. The zero-order valence-corrected chi connectivity index (χ0v) is 8.82. The lowest BCUT2D eigenvalue weighted by Crippen LogP contribution is -2.17. The van der Waals surface area contributed by atoms with Gasteiger partial charge in [-0.15, -0.1) is 0 Å². The van der Waals surface area contributed by atoms with Gasteiger partial charge in [0.25, 0.3) is 0 Å². The molecule has 0 radical (unpaired) electrons. The normalized spacial score (nSPS) is 15.9. The van der Waals surface area contributed by atoms with Crippen LogP contribution < -0.4 is 0 Å². The molecule has 0 saturated heterocycles. The molecule has 13 heavy (non-hydrogen) atoms. The van der Waals surface area contributed by atoms with Crippen molar-refractivity contribution in [3.63, 3.8) is 0 Å². The van der Waals surface area contributed by atoms with E-state index in [1.54, 1.807) is 7.11 Å². The van der Waals surface area contributed by atoms with Crippen molar-refractivity contribution in [1.82, 2.24) is 0 Å². The number of hydrogen-bond donors (Lipinski definition) is 0. The van der Waals surface area contributed by atoms with E-state index in [9.17, 15) is 4.79 Å². The topological polar surface area (TPSA) is 26.3 Å². The Bertz CT molecular complexity index is 152. The molecular formula is C11H20O2. The van der Waals surface area contributed by atoms with Crippen molar-refractivity contribution < 1.29 is 9.53 Å². The van der Waals surface area contributed by atoms with E-state index in [0.29, 0.717) is 12.3 Å². The van der Waals surface area contributed by atoms with Gasteiger partial charge in [0.05, 0.1) is 6.10 Å². The Morgan fingerprint density at radius 2 is 2.15 bits per heavy atom. The van der Waals surface area contributed by atoms with Gasteiger partial charge in [-0.3, -0.25) is 0 Å². The molecule has 0 aromatic rings. The molecule has 0 rings (SSSR count). The van der Waals surface area contributed by atoms with Crippen LogP contribution in [0, 0.1) is 5.92 Å². The molecule has 0 heterocycles. The van der Waals surface area contributed by atoms with Crippen LogP contribution in [0.1, 0.15) is 33.1 Å². The average molecular weight is 184 g/mol. The monoisotopic (exact) mass is 184 g/mol. The number of carbonyl (C=O) groups is 1. The van der Waals surface area contributed by atoms with Gasteiger partial charge in [0.1, 0.15) is 6.29 Å². The summed E-state index contributed by atoms with van der Waals surface area (Å²) in [5, 5.41) is 0. The Balaban J connectivity index is 3.92. The smallest absolute Gasteiger partial charge is 0.123 e. The molecule has 0 amide bonds. The highest BCUT2D eigenvalue weighted by molar-refractivity contribution is 5.51. The maximum absolute atomic E-state index is 10.1. The summed E-state index contributed by atoms with van der Waals surface area (Å²) in [5.74, 6) is 0.526. The molecule has 0 bridgehead atoms. The van der Waals surface area contributed by atoms with Gasteiger partial charge in [0.15, 0.2) is 0 Å². The van der Waals surface area contributed by atoms with E-state index in [1.165, 1.54) is 6.42 Å². The molecule has 2 heteroatoms. The van der Waals surface area contributed by atoms with Crippen LogP contribution in [0.25, 0.3) is 0 Å². The Morgan fingerprint density at radius 1 is 1.46 bits per heavy atom. The molecule has 0 saturated carbocycles. The molecule has 0 aliphatic heterocycles. The van der Waals surface area contributed by atoms with E-state index < -0.39 is 0 Å². The molecular weight excluding hydrogens is 164 g/mol. The molecule has 2 unspecified atom stereocenters. The van der Waals surface area contributed by atoms with Gasteiger partial charge < -0.3 is 9.53 Å². The largest absolute Gasteiger partial charge is 0.377 e. The summed E-state index contributed by atoms with van der Waals surface area (Å²) in [4.78, 5) is 10.1. The highest BCUT2D eigenvalue weighted by atomic mass is 16.5. The van der Waals surface area contributed by atoms with Crippen molar-refractivity contribution in [3.8, 4) is 0 Å². The van der Waals surface area contributed by atoms with Crippen molar-refractivity contribution in [2.24, 2.45) is 5.92 Å². The first-order chi connectivity index (χ1) is 6.26. The minimum atomic E-state index is 0.153. The second-order valence-corrected chi connectivity index (χ2v) is 3.30. The van der Waals surface area contributed by atoms with Gasteiger partial charge in [-0.2, -0.15) is 0 Å². The quantitative estimate of drug-likeness (QED) is 0.449. The fourth-order valence-corrected chi connectivity index (χ4v) is 1.39. The van der Waals surface area contributed by atoms with Crippen LogP contribution in [0.2, 0.25) is 0 Å². The summed E-state index contributed by atoms with van der Waals surface area (Å²) in [7, 11) is 1.71. The predicted octanol–water partition coefficient (Wildman–Crippen LogP) is 2.58. The van der Waals surface area contributed by atoms with Crippen LogP contribution in [-0.2, 0) is 9.53 Å². The summed E-state index contributed by atoms with van der Waals surface area (Å²) in [6.07, 6.45) is 7.71. The van der Waals surface area contributed by atoms with Gasteiger partial charge in [0.2, 0.25) is 0 Å². The summed E-state index contributed by atoms with van der Waals surface area (Å²) in [6.45, 7) is 4.33. The van der Waals surface area contributed by atoms with Gasteiger partial charge in [-0.05, 0) is 12.3 Å². The van der Waals surface area contributed by atoms with Crippen molar-refractivity contribution in [2.75, 3.05) is 7.11 Å². The van der Waals surface area contributed by atoms with Crippen LogP contribution in [0.5, 0.6) is 0 Å². The zero-order chi connectivity index (χ0) is 10.1. The van der Waals surface area contributed by atoms with Gasteiger partial charge in [-0.25, -0.2) is 0 Å². The first kappa shape index (κ1) is 12.4. The van der Waals surface area contributed by atoms with E-state index in [1.807, 2.05) is 12.2 Å². The highest BCUT2D eigenvalue weighted by Crippen LogP contribution is 2.14. The Hall–Kier alpha value is -0.630. The minimum Gasteiger partial charge on any atom is -0.377 e.